The summed E-state index contributed by atoms with van der Waals surface area (Å²) in [7, 11) is 0. The van der Waals surface area contributed by atoms with Crippen molar-refractivity contribution in [1.29, 1.82) is 0 Å². The number of halogens is 1. The molecule has 1 atom stereocenters. The molecule has 1 aliphatic rings. The quantitative estimate of drug-likeness (QED) is 0.706. The normalized spacial score (nSPS) is 19.1. The molecule has 1 fully saturated rings. The summed E-state index contributed by atoms with van der Waals surface area (Å²) in [6, 6.07) is -0.592. The molecule has 1 saturated heterocycles. The van der Waals surface area contributed by atoms with E-state index >= 15 is 0 Å². The van der Waals surface area contributed by atoms with Gasteiger partial charge in [0.2, 0.25) is 11.8 Å². The summed E-state index contributed by atoms with van der Waals surface area (Å²) in [4.78, 5) is 33.3. The summed E-state index contributed by atoms with van der Waals surface area (Å²) < 4.78 is 0.706. The van der Waals surface area contributed by atoms with Crippen LogP contribution in [-0.4, -0.2) is 28.9 Å². The minimum absolute atomic E-state index is 0.0863. The molecule has 0 saturated carbocycles. The number of nitrogens with one attached hydrogen (secondary N) is 2. The molecule has 1 aliphatic heterocycles. The lowest BCUT2D eigenvalue weighted by Crippen LogP contribution is -2.36. The number of aromatic carboxylic acids is 1. The third-order valence-electron chi connectivity index (χ3n) is 2.57. The zero-order valence-electron chi connectivity index (χ0n) is 9.03. The van der Waals surface area contributed by atoms with E-state index in [1.165, 1.54) is 16.7 Å². The molecule has 0 bridgehead atoms. The van der Waals surface area contributed by atoms with Gasteiger partial charge in [0, 0.05) is 17.5 Å². The first-order valence-corrected chi connectivity index (χ1v) is 6.72. The van der Waals surface area contributed by atoms with Crippen LogP contribution in [-0.2, 0) is 16.1 Å². The maximum atomic E-state index is 11.3. The molecule has 2 rings (SSSR count). The van der Waals surface area contributed by atoms with Crippen molar-refractivity contribution in [3.63, 3.8) is 0 Å². The third-order valence-corrected chi connectivity index (χ3v) is 4.41. The summed E-state index contributed by atoms with van der Waals surface area (Å²) >= 11 is 4.54. The Hall–Kier alpha value is -1.25. The highest BCUT2D eigenvalue weighted by Crippen LogP contribution is 2.28. The Morgan fingerprint density at radius 1 is 1.61 bits per heavy atom. The van der Waals surface area contributed by atoms with Crippen LogP contribution in [0.1, 0.15) is 22.3 Å². The van der Waals surface area contributed by atoms with Crippen LogP contribution in [0.4, 0.5) is 0 Å². The van der Waals surface area contributed by atoms with Gasteiger partial charge in [0.05, 0.1) is 21.8 Å². The minimum atomic E-state index is -1.01. The molecule has 0 radical (unpaired) electrons. The summed E-state index contributed by atoms with van der Waals surface area (Å²) in [6.45, 7) is 0.219. The van der Waals surface area contributed by atoms with Gasteiger partial charge >= 0.3 is 5.97 Å². The Labute approximate surface area is 115 Å². The van der Waals surface area contributed by atoms with Gasteiger partial charge in [-0.1, -0.05) is 0 Å². The smallest absolute Gasteiger partial charge is 0.336 e. The number of rotatable bonds is 4. The van der Waals surface area contributed by atoms with E-state index in [9.17, 15) is 14.4 Å². The van der Waals surface area contributed by atoms with Crippen molar-refractivity contribution >= 4 is 45.1 Å². The lowest BCUT2D eigenvalue weighted by molar-refractivity contribution is -0.125. The lowest BCUT2D eigenvalue weighted by Gasteiger charge is -2.09. The number of carbonyl (C=O) groups excluding carboxylic acids is 2. The number of thiophene rings is 1. The Bertz CT molecular complexity index is 528. The van der Waals surface area contributed by atoms with Crippen molar-refractivity contribution in [3.8, 4) is 0 Å². The van der Waals surface area contributed by atoms with Crippen molar-refractivity contribution in [3.05, 3.63) is 20.3 Å². The molecule has 6 nitrogen and oxygen atoms in total. The maximum Gasteiger partial charge on any atom is 0.336 e. The van der Waals surface area contributed by atoms with Crippen LogP contribution >= 0.6 is 27.3 Å². The molecular weight excluding hydrogens is 324 g/mol. The molecule has 96 valence electrons. The molecular formula is C10H9BrN2O4S. The molecule has 0 aliphatic carbocycles. The van der Waals surface area contributed by atoms with Gasteiger partial charge in [-0.2, -0.15) is 0 Å². The van der Waals surface area contributed by atoms with Crippen LogP contribution in [0, 0.1) is 0 Å². The van der Waals surface area contributed by atoms with Crippen molar-refractivity contribution in [1.82, 2.24) is 10.6 Å². The molecule has 2 heterocycles. The second kappa shape index (κ2) is 5.17. The van der Waals surface area contributed by atoms with Crippen LogP contribution in [0.15, 0.2) is 9.17 Å². The minimum Gasteiger partial charge on any atom is -0.478 e. The van der Waals surface area contributed by atoms with E-state index in [-0.39, 0.29) is 30.3 Å². The van der Waals surface area contributed by atoms with E-state index in [1.54, 1.807) is 0 Å². The fourth-order valence-electron chi connectivity index (χ4n) is 1.65. The molecule has 0 unspecified atom stereocenters. The zero-order chi connectivity index (χ0) is 13.3. The second-order valence-electron chi connectivity index (χ2n) is 3.76. The van der Waals surface area contributed by atoms with Gasteiger partial charge in [-0.05, 0) is 15.9 Å². The van der Waals surface area contributed by atoms with Crippen molar-refractivity contribution in [2.45, 2.75) is 19.0 Å². The van der Waals surface area contributed by atoms with Gasteiger partial charge < -0.3 is 10.4 Å². The standard InChI is InChI=1S/C10H9BrN2O4S/c11-8-4(5(3-18-8)10(16)17)2-12-6-1-7(14)13-9(6)15/h3,6,12H,1-2H2,(H,16,17)(H,13,14,15)/t6-/m0/s1. The number of carboxylic acids is 1. The van der Waals surface area contributed by atoms with E-state index in [0.29, 0.717) is 9.35 Å². The largest absolute Gasteiger partial charge is 0.478 e. The molecule has 2 amide bonds. The highest BCUT2D eigenvalue weighted by atomic mass is 79.9. The second-order valence-corrected chi connectivity index (χ2v) is 5.95. The highest BCUT2D eigenvalue weighted by molar-refractivity contribution is 9.11. The average Bonchev–Trinajstić information content (AvgIpc) is 2.79. The number of carboxylic acid groups (broad SMARTS) is 1. The molecule has 1 aromatic heterocycles. The lowest BCUT2D eigenvalue weighted by atomic mass is 10.2. The Balaban J connectivity index is 2.06. The molecule has 8 heteroatoms. The first kappa shape index (κ1) is 13.2. The van der Waals surface area contributed by atoms with Crippen molar-refractivity contribution in [2.75, 3.05) is 0 Å². The van der Waals surface area contributed by atoms with Gasteiger partial charge in [0.1, 0.15) is 0 Å². The van der Waals surface area contributed by atoms with E-state index in [4.69, 9.17) is 5.11 Å². The topological polar surface area (TPSA) is 95.5 Å². The first-order valence-electron chi connectivity index (χ1n) is 5.05. The summed E-state index contributed by atoms with van der Waals surface area (Å²) in [6.07, 6.45) is 0.0863. The summed E-state index contributed by atoms with van der Waals surface area (Å²) in [5, 5.41) is 15.6. The summed E-state index contributed by atoms with van der Waals surface area (Å²) in [5.41, 5.74) is 0.781. The molecule has 3 N–H and O–H groups in total. The van der Waals surface area contributed by atoms with Crippen LogP contribution in [0.25, 0.3) is 0 Å². The van der Waals surface area contributed by atoms with E-state index < -0.39 is 12.0 Å². The summed E-state index contributed by atoms with van der Waals surface area (Å²) in [5.74, 6) is -1.70. The van der Waals surface area contributed by atoms with E-state index in [2.05, 4.69) is 26.6 Å². The zero-order valence-corrected chi connectivity index (χ0v) is 11.4. The monoisotopic (exact) mass is 332 g/mol. The van der Waals surface area contributed by atoms with Gasteiger partial charge in [0.25, 0.3) is 0 Å². The number of amides is 2. The SMILES string of the molecule is O=C1C[C@H](NCc2c(C(=O)O)csc2Br)C(=O)N1. The molecule has 18 heavy (non-hydrogen) atoms. The first-order chi connectivity index (χ1) is 8.49. The van der Waals surface area contributed by atoms with Gasteiger partial charge in [-0.3, -0.25) is 14.9 Å². The van der Waals surface area contributed by atoms with Gasteiger partial charge in [-0.15, -0.1) is 11.3 Å². The average molecular weight is 333 g/mol. The fourth-order valence-corrected chi connectivity index (χ4v) is 3.07. The molecule has 0 spiro atoms. The van der Waals surface area contributed by atoms with Crippen LogP contribution < -0.4 is 10.6 Å². The fraction of sp³-hybridized carbons (Fsp3) is 0.300. The van der Waals surface area contributed by atoms with E-state index in [0.717, 1.165) is 0 Å². The highest BCUT2D eigenvalue weighted by Gasteiger charge is 2.30. The number of hydrogen-bond acceptors (Lipinski definition) is 5. The Morgan fingerprint density at radius 3 is 2.89 bits per heavy atom. The Kier molecular flexibility index (Phi) is 3.79. The molecule has 1 aromatic rings. The van der Waals surface area contributed by atoms with Crippen LogP contribution in [0.3, 0.4) is 0 Å². The van der Waals surface area contributed by atoms with Crippen LogP contribution in [0.2, 0.25) is 0 Å². The third kappa shape index (κ3) is 2.60. The van der Waals surface area contributed by atoms with Gasteiger partial charge in [-0.25, -0.2) is 4.79 Å². The number of imide groups is 1. The predicted octanol–water partition coefficient (Wildman–Crippen LogP) is 0.713. The van der Waals surface area contributed by atoms with Crippen molar-refractivity contribution in [2.24, 2.45) is 0 Å². The maximum absolute atomic E-state index is 11.3. The van der Waals surface area contributed by atoms with E-state index in [1.807, 2.05) is 0 Å². The number of hydrogen-bond donors (Lipinski definition) is 3. The van der Waals surface area contributed by atoms with Crippen molar-refractivity contribution < 1.29 is 19.5 Å². The predicted molar refractivity (Wildman–Crippen MR) is 67.4 cm³/mol. The molecule has 0 aromatic carbocycles. The van der Waals surface area contributed by atoms with Gasteiger partial charge in [0.15, 0.2) is 0 Å². The number of carbonyl (C=O) groups is 3. The Morgan fingerprint density at radius 2 is 2.33 bits per heavy atom. The van der Waals surface area contributed by atoms with Crippen LogP contribution in [0.5, 0.6) is 0 Å².